The predicted molar refractivity (Wildman–Crippen MR) is 96.4 cm³/mol. The lowest BCUT2D eigenvalue weighted by Gasteiger charge is -2.06. The third kappa shape index (κ3) is 3.93. The average molecular weight is 397 g/mol. The number of hydrogen-bond acceptors (Lipinski definition) is 6. The number of sulfonamides is 1. The van der Waals surface area contributed by atoms with E-state index < -0.39 is 10.0 Å². The minimum absolute atomic E-state index is 0.0110. The number of rotatable bonds is 5. The third-order valence-corrected chi connectivity index (χ3v) is 6.11. The van der Waals surface area contributed by atoms with E-state index in [4.69, 9.17) is 11.6 Å². The Bertz CT molecular complexity index is 1020. The number of phenolic OH excluding ortho intramolecular Hbond substituents is 2. The molecule has 0 radical (unpaired) electrons. The van der Waals surface area contributed by atoms with Gasteiger partial charge < -0.3 is 10.2 Å². The molecule has 1 heterocycles. The number of nitrogens with one attached hydrogen (secondary N) is 1. The van der Waals surface area contributed by atoms with Gasteiger partial charge in [-0.05, 0) is 30.3 Å². The first-order chi connectivity index (χ1) is 11.9. The van der Waals surface area contributed by atoms with Crippen LogP contribution < -0.4 is 4.72 Å². The van der Waals surface area contributed by atoms with Crippen molar-refractivity contribution in [2.75, 3.05) is 0 Å². The van der Waals surface area contributed by atoms with Gasteiger partial charge in [0.1, 0.15) is 9.90 Å². The van der Waals surface area contributed by atoms with Crippen LogP contribution in [-0.4, -0.2) is 23.6 Å². The maximum atomic E-state index is 12.3. The van der Waals surface area contributed by atoms with Crippen molar-refractivity contribution in [1.82, 2.24) is 9.71 Å². The molecule has 0 fully saturated rings. The summed E-state index contributed by atoms with van der Waals surface area (Å²) in [7, 11) is -3.75. The van der Waals surface area contributed by atoms with Crippen molar-refractivity contribution in [3.63, 3.8) is 0 Å². The Morgan fingerprint density at radius 1 is 1.12 bits per heavy atom. The third-order valence-electron chi connectivity index (χ3n) is 3.36. The molecule has 0 aliphatic rings. The summed E-state index contributed by atoms with van der Waals surface area (Å²) in [6.45, 7) is 0.0162. The highest BCUT2D eigenvalue weighted by atomic mass is 35.5. The Hall–Kier alpha value is -2.13. The smallest absolute Gasteiger partial charge is 0.242 e. The maximum absolute atomic E-state index is 12.3. The first-order valence-corrected chi connectivity index (χ1v) is 9.82. The van der Waals surface area contributed by atoms with E-state index in [1.165, 1.54) is 35.6 Å². The van der Waals surface area contributed by atoms with Crippen molar-refractivity contribution in [1.29, 1.82) is 0 Å². The molecule has 3 N–H and O–H groups in total. The first-order valence-electron chi connectivity index (χ1n) is 7.08. The van der Waals surface area contributed by atoms with Gasteiger partial charge in [-0.3, -0.25) is 0 Å². The number of benzene rings is 2. The molecule has 0 atom stereocenters. The fourth-order valence-corrected chi connectivity index (χ4v) is 4.44. The van der Waals surface area contributed by atoms with Crippen LogP contribution in [0.25, 0.3) is 11.3 Å². The van der Waals surface area contributed by atoms with Crippen molar-refractivity contribution in [3.05, 3.63) is 57.9 Å². The van der Waals surface area contributed by atoms with Gasteiger partial charge in [0.15, 0.2) is 11.5 Å². The van der Waals surface area contributed by atoms with Gasteiger partial charge in [0.2, 0.25) is 10.0 Å². The topological polar surface area (TPSA) is 99.5 Å². The average Bonchev–Trinajstić information content (AvgIpc) is 3.05. The van der Waals surface area contributed by atoms with Crippen molar-refractivity contribution >= 4 is 33.0 Å². The summed E-state index contributed by atoms with van der Waals surface area (Å²) in [5.41, 5.74) is 1.19. The molecule has 3 aromatic rings. The molecule has 25 heavy (non-hydrogen) atoms. The van der Waals surface area contributed by atoms with Crippen LogP contribution in [0, 0.1) is 0 Å². The fourth-order valence-electron chi connectivity index (χ4n) is 2.10. The van der Waals surface area contributed by atoms with Crippen molar-refractivity contribution in [2.24, 2.45) is 0 Å². The standard InChI is InChI=1S/C16H13ClN2O4S2/c17-11-3-1-2-4-15(11)25(22,23)18-8-16-19-12(9-24-16)10-5-6-13(20)14(21)7-10/h1-7,9,18,20-21H,8H2. The Morgan fingerprint density at radius 2 is 1.88 bits per heavy atom. The van der Waals surface area contributed by atoms with Gasteiger partial charge in [0.25, 0.3) is 0 Å². The highest BCUT2D eigenvalue weighted by Gasteiger charge is 2.18. The van der Waals surface area contributed by atoms with Gasteiger partial charge in [-0.1, -0.05) is 23.7 Å². The zero-order chi connectivity index (χ0) is 18.0. The summed E-state index contributed by atoms with van der Waals surface area (Å²) < 4.78 is 27.1. The maximum Gasteiger partial charge on any atom is 0.242 e. The molecule has 0 saturated heterocycles. The van der Waals surface area contributed by atoms with Crippen LogP contribution in [0.15, 0.2) is 52.7 Å². The van der Waals surface area contributed by atoms with Crippen LogP contribution in [0.4, 0.5) is 0 Å². The molecule has 1 aromatic heterocycles. The zero-order valence-electron chi connectivity index (χ0n) is 12.7. The van der Waals surface area contributed by atoms with E-state index in [1.807, 2.05) is 0 Å². The summed E-state index contributed by atoms with van der Waals surface area (Å²) in [5, 5.41) is 21.3. The van der Waals surface area contributed by atoms with Crippen molar-refractivity contribution in [2.45, 2.75) is 11.4 Å². The monoisotopic (exact) mass is 396 g/mol. The van der Waals surface area contributed by atoms with Crippen molar-refractivity contribution in [3.8, 4) is 22.8 Å². The number of nitrogens with zero attached hydrogens (tertiary/aromatic N) is 1. The highest BCUT2D eigenvalue weighted by Crippen LogP contribution is 2.31. The van der Waals surface area contributed by atoms with Gasteiger partial charge in [0, 0.05) is 10.9 Å². The molecule has 0 aliphatic heterocycles. The second kappa shape index (κ2) is 7.01. The summed E-state index contributed by atoms with van der Waals surface area (Å²) in [6.07, 6.45) is 0. The fraction of sp³-hybridized carbons (Fsp3) is 0.0625. The van der Waals surface area contributed by atoms with Crippen LogP contribution in [0.1, 0.15) is 5.01 Å². The number of aromatic hydroxyl groups is 2. The number of thiazole rings is 1. The van der Waals surface area contributed by atoms with Crippen LogP contribution in [-0.2, 0) is 16.6 Å². The lowest BCUT2D eigenvalue weighted by atomic mass is 10.1. The van der Waals surface area contributed by atoms with E-state index in [1.54, 1.807) is 23.6 Å². The number of aromatic nitrogens is 1. The minimum Gasteiger partial charge on any atom is -0.504 e. The van der Waals surface area contributed by atoms with E-state index in [2.05, 4.69) is 9.71 Å². The first kappa shape index (κ1) is 17.7. The molecule has 2 aromatic carbocycles. The van der Waals surface area contributed by atoms with Crippen LogP contribution >= 0.6 is 22.9 Å². The summed E-state index contributed by atoms with van der Waals surface area (Å²) in [6, 6.07) is 10.6. The SMILES string of the molecule is O=S(=O)(NCc1nc(-c2ccc(O)c(O)c2)cs1)c1ccccc1Cl. The Balaban J connectivity index is 1.76. The molecule has 0 bridgehead atoms. The van der Waals surface area contributed by atoms with Crippen molar-refractivity contribution < 1.29 is 18.6 Å². The van der Waals surface area contributed by atoms with E-state index in [0.29, 0.717) is 16.3 Å². The van der Waals surface area contributed by atoms with Gasteiger partial charge in [0.05, 0.1) is 17.3 Å². The number of halogens is 1. The Kier molecular flexibility index (Phi) is 4.96. The van der Waals surface area contributed by atoms with E-state index in [0.717, 1.165) is 0 Å². The Labute approximate surface area is 153 Å². The summed E-state index contributed by atoms with van der Waals surface area (Å²) >= 11 is 7.21. The van der Waals surface area contributed by atoms with Crippen LogP contribution in [0.3, 0.4) is 0 Å². The molecule has 0 amide bonds. The molecule has 130 valence electrons. The molecule has 3 rings (SSSR count). The van der Waals surface area contributed by atoms with E-state index in [9.17, 15) is 18.6 Å². The van der Waals surface area contributed by atoms with Gasteiger partial charge in [-0.25, -0.2) is 18.1 Å². The van der Waals surface area contributed by atoms with E-state index in [-0.39, 0.29) is 28.0 Å². The molecule has 0 saturated carbocycles. The highest BCUT2D eigenvalue weighted by molar-refractivity contribution is 7.89. The van der Waals surface area contributed by atoms with E-state index >= 15 is 0 Å². The molecule has 0 unspecified atom stereocenters. The quantitative estimate of drug-likeness (QED) is 0.574. The molecular formula is C16H13ClN2O4S2. The number of hydrogen-bond donors (Lipinski definition) is 3. The van der Waals surface area contributed by atoms with Gasteiger partial charge in [-0.15, -0.1) is 11.3 Å². The second-order valence-corrected chi connectivity index (χ2v) is 8.17. The molecule has 0 spiro atoms. The lowest BCUT2D eigenvalue weighted by molar-refractivity contribution is 0.404. The minimum atomic E-state index is -3.75. The largest absolute Gasteiger partial charge is 0.504 e. The summed E-state index contributed by atoms with van der Waals surface area (Å²) in [4.78, 5) is 4.35. The van der Waals surface area contributed by atoms with Gasteiger partial charge in [-0.2, -0.15) is 0 Å². The summed E-state index contributed by atoms with van der Waals surface area (Å²) in [5.74, 6) is -0.460. The second-order valence-electron chi connectivity index (χ2n) is 5.08. The molecular weight excluding hydrogens is 384 g/mol. The normalized spacial score (nSPS) is 11.6. The molecule has 9 heteroatoms. The Morgan fingerprint density at radius 3 is 2.60 bits per heavy atom. The number of phenols is 2. The zero-order valence-corrected chi connectivity index (χ0v) is 15.1. The van der Waals surface area contributed by atoms with Crippen LogP contribution in [0.2, 0.25) is 5.02 Å². The predicted octanol–water partition coefficient (Wildman–Crippen LogP) is 3.35. The molecule has 6 nitrogen and oxygen atoms in total. The molecule has 0 aliphatic carbocycles. The van der Waals surface area contributed by atoms with Gasteiger partial charge >= 0.3 is 0 Å². The lowest BCUT2D eigenvalue weighted by Crippen LogP contribution is -2.23. The van der Waals surface area contributed by atoms with Crippen LogP contribution in [0.5, 0.6) is 11.5 Å².